The van der Waals surface area contributed by atoms with Crippen LogP contribution in [-0.2, 0) is 4.74 Å². The molecule has 0 aromatic heterocycles. The summed E-state index contributed by atoms with van der Waals surface area (Å²) in [6.07, 6.45) is 6.15. The van der Waals surface area contributed by atoms with Gasteiger partial charge in [-0.05, 0) is 42.4 Å². The smallest absolute Gasteiger partial charge is 0.124 e. The molecule has 0 saturated carbocycles. The lowest BCUT2D eigenvalue weighted by molar-refractivity contribution is 0.0707. The van der Waals surface area contributed by atoms with E-state index in [-0.39, 0.29) is 6.10 Å². The number of ether oxygens (including phenoxy) is 1. The van der Waals surface area contributed by atoms with E-state index in [9.17, 15) is 0 Å². The van der Waals surface area contributed by atoms with Crippen LogP contribution in [0.25, 0.3) is 0 Å². The number of hydrogen-bond donors (Lipinski definition) is 0. The van der Waals surface area contributed by atoms with Crippen molar-refractivity contribution in [2.45, 2.75) is 44.1 Å². The van der Waals surface area contributed by atoms with Crippen molar-refractivity contribution in [1.29, 1.82) is 0 Å². The summed E-state index contributed by atoms with van der Waals surface area (Å²) in [5, 5.41) is 0. The minimum atomic E-state index is 0.197. The summed E-state index contributed by atoms with van der Waals surface area (Å²) in [4.78, 5) is 0. The summed E-state index contributed by atoms with van der Waals surface area (Å²) >= 11 is 0. The van der Waals surface area contributed by atoms with Crippen molar-refractivity contribution in [2.24, 2.45) is 0 Å². The van der Waals surface area contributed by atoms with Crippen LogP contribution in [0.5, 0.6) is 0 Å². The Balaban J connectivity index is 1.72. The molecule has 0 fully saturated rings. The Morgan fingerprint density at radius 2 is 1.36 bits per heavy atom. The normalized spacial score (nSPS) is 24.5. The van der Waals surface area contributed by atoms with Crippen LogP contribution >= 0.6 is 0 Å². The van der Waals surface area contributed by atoms with Gasteiger partial charge in [0, 0.05) is 12.3 Å². The largest absolute Gasteiger partial charge is 0.490 e. The molecule has 2 unspecified atom stereocenters. The molecule has 1 heteroatoms. The van der Waals surface area contributed by atoms with Gasteiger partial charge < -0.3 is 4.74 Å². The standard InChI is InChI=1S/C21H22O/c1-3-9-16(10-4-1)19-15-21(17-11-5-2-6-12-17)22-20-14-8-7-13-18(19)20/h1-6,9-12,19,21H,7-8,13-15H2. The molecule has 2 atom stereocenters. The van der Waals surface area contributed by atoms with Crippen LogP contribution in [0, 0.1) is 0 Å². The van der Waals surface area contributed by atoms with Gasteiger partial charge in [-0.25, -0.2) is 0 Å². The molecule has 0 radical (unpaired) electrons. The second kappa shape index (κ2) is 6.00. The maximum atomic E-state index is 6.41. The Morgan fingerprint density at radius 3 is 2.09 bits per heavy atom. The predicted molar refractivity (Wildman–Crippen MR) is 89.6 cm³/mol. The number of benzene rings is 2. The molecule has 4 rings (SSSR count). The quantitative estimate of drug-likeness (QED) is 0.683. The van der Waals surface area contributed by atoms with Crippen LogP contribution in [0.3, 0.4) is 0 Å². The molecular formula is C21H22O. The second-order valence-electron chi connectivity index (χ2n) is 6.37. The molecule has 2 aliphatic rings. The third-order valence-corrected chi connectivity index (χ3v) is 4.99. The van der Waals surface area contributed by atoms with Gasteiger partial charge in [-0.3, -0.25) is 0 Å². The zero-order chi connectivity index (χ0) is 14.8. The molecule has 1 aliphatic carbocycles. The third kappa shape index (κ3) is 2.56. The molecular weight excluding hydrogens is 268 g/mol. The van der Waals surface area contributed by atoms with Crippen LogP contribution in [0.2, 0.25) is 0 Å². The Kier molecular flexibility index (Phi) is 3.72. The molecule has 22 heavy (non-hydrogen) atoms. The van der Waals surface area contributed by atoms with Crippen molar-refractivity contribution in [3.8, 4) is 0 Å². The van der Waals surface area contributed by atoms with Crippen molar-refractivity contribution >= 4 is 0 Å². The maximum absolute atomic E-state index is 6.41. The molecule has 0 bridgehead atoms. The highest BCUT2D eigenvalue weighted by Crippen LogP contribution is 2.47. The fourth-order valence-electron chi connectivity index (χ4n) is 3.87. The fourth-order valence-corrected chi connectivity index (χ4v) is 3.87. The van der Waals surface area contributed by atoms with Crippen LogP contribution < -0.4 is 0 Å². The summed E-state index contributed by atoms with van der Waals surface area (Å²) in [5.74, 6) is 1.80. The van der Waals surface area contributed by atoms with E-state index in [2.05, 4.69) is 60.7 Å². The van der Waals surface area contributed by atoms with Crippen molar-refractivity contribution < 1.29 is 4.74 Å². The molecule has 1 aliphatic heterocycles. The third-order valence-electron chi connectivity index (χ3n) is 4.99. The number of allylic oxidation sites excluding steroid dienone is 2. The molecule has 0 amide bonds. The first-order valence-electron chi connectivity index (χ1n) is 8.40. The summed E-state index contributed by atoms with van der Waals surface area (Å²) in [6.45, 7) is 0. The van der Waals surface area contributed by atoms with Crippen LogP contribution in [0.4, 0.5) is 0 Å². The lowest BCUT2D eigenvalue weighted by Gasteiger charge is -2.37. The van der Waals surface area contributed by atoms with Gasteiger partial charge in [-0.1, -0.05) is 60.7 Å². The van der Waals surface area contributed by atoms with Crippen molar-refractivity contribution in [3.63, 3.8) is 0 Å². The van der Waals surface area contributed by atoms with Gasteiger partial charge >= 0.3 is 0 Å². The van der Waals surface area contributed by atoms with Gasteiger partial charge in [0.25, 0.3) is 0 Å². The molecule has 1 nitrogen and oxygen atoms in total. The van der Waals surface area contributed by atoms with E-state index in [0.29, 0.717) is 5.92 Å². The van der Waals surface area contributed by atoms with Gasteiger partial charge in [0.15, 0.2) is 0 Å². The molecule has 0 spiro atoms. The van der Waals surface area contributed by atoms with Crippen molar-refractivity contribution in [3.05, 3.63) is 83.1 Å². The Labute approximate surface area is 132 Å². The second-order valence-corrected chi connectivity index (χ2v) is 6.37. The van der Waals surface area contributed by atoms with Gasteiger partial charge in [0.05, 0.1) is 5.76 Å². The van der Waals surface area contributed by atoms with E-state index in [1.807, 2.05) is 0 Å². The highest BCUT2D eigenvalue weighted by Gasteiger charge is 2.33. The van der Waals surface area contributed by atoms with Gasteiger partial charge in [-0.15, -0.1) is 0 Å². The number of hydrogen-bond acceptors (Lipinski definition) is 1. The summed E-state index contributed by atoms with van der Waals surface area (Å²) in [7, 11) is 0. The van der Waals surface area contributed by atoms with Gasteiger partial charge in [0.1, 0.15) is 6.10 Å². The van der Waals surface area contributed by atoms with Crippen LogP contribution in [-0.4, -0.2) is 0 Å². The zero-order valence-corrected chi connectivity index (χ0v) is 12.9. The Hall–Kier alpha value is -2.02. The fraction of sp³-hybridized carbons (Fsp3) is 0.333. The lowest BCUT2D eigenvalue weighted by Crippen LogP contribution is -2.21. The summed E-state index contributed by atoms with van der Waals surface area (Å²) < 4.78 is 6.41. The zero-order valence-electron chi connectivity index (χ0n) is 12.9. The monoisotopic (exact) mass is 290 g/mol. The molecule has 112 valence electrons. The molecule has 2 aromatic rings. The van der Waals surface area contributed by atoms with Crippen LogP contribution in [0.15, 0.2) is 72.0 Å². The first kappa shape index (κ1) is 13.6. The van der Waals surface area contributed by atoms with E-state index in [1.165, 1.54) is 36.1 Å². The van der Waals surface area contributed by atoms with E-state index in [0.717, 1.165) is 12.8 Å². The predicted octanol–water partition coefficient (Wildman–Crippen LogP) is 5.76. The van der Waals surface area contributed by atoms with E-state index >= 15 is 0 Å². The summed E-state index contributed by atoms with van der Waals surface area (Å²) in [5.41, 5.74) is 4.31. The first-order valence-corrected chi connectivity index (χ1v) is 8.40. The Morgan fingerprint density at radius 1 is 0.727 bits per heavy atom. The maximum Gasteiger partial charge on any atom is 0.124 e. The highest BCUT2D eigenvalue weighted by molar-refractivity contribution is 5.35. The van der Waals surface area contributed by atoms with E-state index in [1.54, 1.807) is 5.57 Å². The van der Waals surface area contributed by atoms with E-state index < -0.39 is 0 Å². The lowest BCUT2D eigenvalue weighted by atomic mass is 9.78. The van der Waals surface area contributed by atoms with Gasteiger partial charge in [0.2, 0.25) is 0 Å². The Bertz CT molecular complexity index is 657. The van der Waals surface area contributed by atoms with Crippen molar-refractivity contribution in [1.82, 2.24) is 0 Å². The summed E-state index contributed by atoms with van der Waals surface area (Å²) in [6, 6.07) is 21.7. The van der Waals surface area contributed by atoms with Gasteiger partial charge in [-0.2, -0.15) is 0 Å². The SMILES string of the molecule is c1ccc(C2CC(c3ccccc3)C3=C(CCCC3)O2)cc1. The molecule has 2 aromatic carbocycles. The molecule has 0 saturated heterocycles. The first-order chi connectivity index (χ1) is 10.9. The highest BCUT2D eigenvalue weighted by atomic mass is 16.5. The van der Waals surface area contributed by atoms with Crippen molar-refractivity contribution in [2.75, 3.05) is 0 Å². The average Bonchev–Trinajstić information content (AvgIpc) is 2.62. The van der Waals surface area contributed by atoms with E-state index in [4.69, 9.17) is 4.74 Å². The average molecular weight is 290 g/mol. The van der Waals surface area contributed by atoms with Crippen LogP contribution in [0.1, 0.15) is 55.3 Å². The minimum Gasteiger partial charge on any atom is -0.490 e. The topological polar surface area (TPSA) is 9.23 Å². The molecule has 1 heterocycles. The number of rotatable bonds is 2. The minimum absolute atomic E-state index is 0.197. The molecule has 0 N–H and O–H groups in total.